The van der Waals surface area contributed by atoms with Crippen LogP contribution in [0.3, 0.4) is 0 Å². The van der Waals surface area contributed by atoms with E-state index in [4.69, 9.17) is 14.6 Å². The van der Waals surface area contributed by atoms with Gasteiger partial charge in [0, 0.05) is 5.56 Å². The summed E-state index contributed by atoms with van der Waals surface area (Å²) in [6, 6.07) is 14.6. The van der Waals surface area contributed by atoms with E-state index in [0.717, 1.165) is 0 Å². The topological polar surface area (TPSA) is 137 Å². The van der Waals surface area contributed by atoms with Gasteiger partial charge in [-0.1, -0.05) is 30.3 Å². The maximum atomic E-state index is 11.0. The number of carbonyl (C=O) groups is 1. The molecule has 8 nitrogen and oxygen atoms in total. The van der Waals surface area contributed by atoms with E-state index in [-0.39, 0.29) is 6.42 Å². The Morgan fingerprint density at radius 3 is 2.64 bits per heavy atom. The summed E-state index contributed by atoms with van der Waals surface area (Å²) < 4.78 is 11.1. The predicted octanol–water partition coefficient (Wildman–Crippen LogP) is -0.0404. The lowest BCUT2D eigenvalue weighted by Crippen LogP contribution is -2.60. The molecule has 1 radical (unpaired) electrons. The van der Waals surface area contributed by atoms with Crippen molar-refractivity contribution in [2.24, 2.45) is 0 Å². The molecule has 0 bridgehead atoms. The molecule has 0 spiro atoms. The van der Waals surface area contributed by atoms with E-state index in [0.29, 0.717) is 22.4 Å². The maximum Gasteiger partial charge on any atom is 0.307 e. The molecular formula is C20H21O8. The summed E-state index contributed by atoms with van der Waals surface area (Å²) in [6.07, 6.45) is -7.09. The summed E-state index contributed by atoms with van der Waals surface area (Å²) in [7, 11) is 0. The molecule has 149 valence electrons. The molecule has 5 N–H and O–H groups in total. The Kier molecular flexibility index (Phi) is 6.28. The van der Waals surface area contributed by atoms with Crippen LogP contribution in [0.25, 0.3) is 11.1 Å². The van der Waals surface area contributed by atoms with Gasteiger partial charge in [-0.3, -0.25) is 4.79 Å². The summed E-state index contributed by atoms with van der Waals surface area (Å²) in [6.45, 7) is -0.558. The highest BCUT2D eigenvalue weighted by Gasteiger charge is 2.44. The van der Waals surface area contributed by atoms with Crippen LogP contribution in [0.1, 0.15) is 5.56 Å². The van der Waals surface area contributed by atoms with E-state index in [1.54, 1.807) is 42.5 Å². The molecule has 1 fully saturated rings. The minimum absolute atomic E-state index is 0.132. The molecule has 1 aliphatic heterocycles. The van der Waals surface area contributed by atoms with E-state index in [2.05, 4.69) is 6.07 Å². The Morgan fingerprint density at radius 2 is 1.93 bits per heavy atom. The van der Waals surface area contributed by atoms with Gasteiger partial charge in [0.1, 0.15) is 30.2 Å². The molecule has 0 aromatic heterocycles. The fraction of sp³-hybridized carbons (Fsp3) is 0.350. The third-order valence-electron chi connectivity index (χ3n) is 4.51. The van der Waals surface area contributed by atoms with E-state index in [1.165, 1.54) is 0 Å². The molecular weight excluding hydrogens is 368 g/mol. The average Bonchev–Trinajstić information content (AvgIpc) is 2.68. The van der Waals surface area contributed by atoms with Crippen molar-refractivity contribution in [2.75, 3.05) is 6.61 Å². The molecule has 0 unspecified atom stereocenters. The van der Waals surface area contributed by atoms with Crippen LogP contribution in [0, 0.1) is 6.07 Å². The van der Waals surface area contributed by atoms with Crippen LogP contribution in [-0.4, -0.2) is 68.8 Å². The fourth-order valence-electron chi connectivity index (χ4n) is 3.06. The second-order valence-corrected chi connectivity index (χ2v) is 6.51. The Bertz CT molecular complexity index is 821. The smallest absolute Gasteiger partial charge is 0.307 e. The first-order chi connectivity index (χ1) is 13.4. The highest BCUT2D eigenvalue weighted by molar-refractivity contribution is 5.74. The number of ether oxygens (including phenoxy) is 2. The Labute approximate surface area is 161 Å². The van der Waals surface area contributed by atoms with Gasteiger partial charge in [0.25, 0.3) is 0 Å². The highest BCUT2D eigenvalue weighted by Crippen LogP contribution is 2.33. The first kappa shape index (κ1) is 20.2. The Balaban J connectivity index is 1.88. The Morgan fingerprint density at radius 1 is 1.14 bits per heavy atom. The van der Waals surface area contributed by atoms with Crippen molar-refractivity contribution in [1.82, 2.24) is 0 Å². The minimum Gasteiger partial charge on any atom is -0.481 e. The SMILES string of the molecule is O=C(O)Cc1cccc(-c2c[c]ccc2O[C@@H]2O[C@H](CO)[C@@H](O)[C@H](O)[C@@H]2O)c1. The standard InChI is InChI=1S/C20H21O8/c21-10-15-17(24)18(25)19(26)20(28-15)27-14-7-2-1-6-13(14)12-5-3-4-11(8-12)9-16(22)23/h2-8,15,17-21,24-26H,9-10H2,(H,22,23)/t15-,17-,18+,19+,20-/m1/s1. The highest BCUT2D eigenvalue weighted by atomic mass is 16.7. The van der Waals surface area contributed by atoms with Crippen LogP contribution in [0.2, 0.25) is 0 Å². The zero-order chi connectivity index (χ0) is 20.3. The quantitative estimate of drug-likeness (QED) is 0.464. The van der Waals surface area contributed by atoms with Gasteiger partial charge in [-0.2, -0.15) is 0 Å². The fourth-order valence-corrected chi connectivity index (χ4v) is 3.06. The molecule has 5 atom stereocenters. The second-order valence-electron chi connectivity index (χ2n) is 6.51. The lowest BCUT2D eigenvalue weighted by atomic mass is 9.99. The summed E-state index contributed by atoms with van der Waals surface area (Å²) in [5.74, 6) is -0.648. The van der Waals surface area contributed by atoms with Crippen LogP contribution in [0.15, 0.2) is 42.5 Å². The monoisotopic (exact) mass is 389 g/mol. The molecule has 2 aromatic carbocycles. The first-order valence-electron chi connectivity index (χ1n) is 8.69. The molecule has 0 aliphatic carbocycles. The van der Waals surface area contributed by atoms with Crippen molar-refractivity contribution in [3.05, 3.63) is 54.1 Å². The van der Waals surface area contributed by atoms with Crippen molar-refractivity contribution in [1.29, 1.82) is 0 Å². The van der Waals surface area contributed by atoms with Gasteiger partial charge in [0.05, 0.1) is 13.0 Å². The van der Waals surface area contributed by atoms with E-state index in [9.17, 15) is 25.2 Å². The van der Waals surface area contributed by atoms with E-state index in [1.807, 2.05) is 0 Å². The lowest BCUT2D eigenvalue weighted by Gasteiger charge is -2.39. The van der Waals surface area contributed by atoms with Crippen LogP contribution >= 0.6 is 0 Å². The summed E-state index contributed by atoms with van der Waals surface area (Å²) in [5, 5.41) is 48.2. The normalized spacial score (nSPS) is 27.4. The zero-order valence-corrected chi connectivity index (χ0v) is 14.8. The number of rotatable bonds is 6. The minimum atomic E-state index is -1.55. The molecule has 0 amide bonds. The molecule has 1 heterocycles. The number of hydrogen-bond acceptors (Lipinski definition) is 7. The molecule has 8 heteroatoms. The number of carboxylic acids is 1. The third-order valence-corrected chi connectivity index (χ3v) is 4.51. The van der Waals surface area contributed by atoms with E-state index < -0.39 is 43.3 Å². The second kappa shape index (κ2) is 8.68. The van der Waals surface area contributed by atoms with Crippen LogP contribution in [0.5, 0.6) is 5.75 Å². The van der Waals surface area contributed by atoms with E-state index >= 15 is 0 Å². The van der Waals surface area contributed by atoms with Gasteiger partial charge in [-0.05, 0) is 29.3 Å². The molecule has 0 saturated carbocycles. The van der Waals surface area contributed by atoms with Crippen molar-refractivity contribution in [2.45, 2.75) is 37.1 Å². The first-order valence-corrected chi connectivity index (χ1v) is 8.69. The van der Waals surface area contributed by atoms with Gasteiger partial charge in [-0.15, -0.1) is 0 Å². The van der Waals surface area contributed by atoms with Crippen molar-refractivity contribution >= 4 is 5.97 Å². The van der Waals surface area contributed by atoms with Gasteiger partial charge < -0.3 is 35.0 Å². The number of carboxylic acid groups (broad SMARTS) is 1. The van der Waals surface area contributed by atoms with Crippen molar-refractivity contribution < 1.29 is 39.8 Å². The summed E-state index contributed by atoms with van der Waals surface area (Å²) in [5.41, 5.74) is 1.86. The van der Waals surface area contributed by atoms with Gasteiger partial charge in [0.2, 0.25) is 6.29 Å². The van der Waals surface area contributed by atoms with Gasteiger partial charge in [-0.25, -0.2) is 0 Å². The molecule has 1 aliphatic rings. The maximum absolute atomic E-state index is 11.0. The molecule has 1 saturated heterocycles. The third kappa shape index (κ3) is 4.32. The lowest BCUT2D eigenvalue weighted by molar-refractivity contribution is -0.277. The average molecular weight is 389 g/mol. The molecule has 28 heavy (non-hydrogen) atoms. The number of benzene rings is 2. The Hall–Kier alpha value is -2.49. The summed E-state index contributed by atoms with van der Waals surface area (Å²) >= 11 is 0. The number of aliphatic carboxylic acids is 1. The molecule has 3 rings (SSSR count). The summed E-state index contributed by atoms with van der Waals surface area (Å²) in [4.78, 5) is 11.0. The van der Waals surface area contributed by atoms with Gasteiger partial charge in [0.15, 0.2) is 0 Å². The van der Waals surface area contributed by atoms with Crippen molar-refractivity contribution in [3.63, 3.8) is 0 Å². The largest absolute Gasteiger partial charge is 0.481 e. The van der Waals surface area contributed by atoms with Crippen LogP contribution in [-0.2, 0) is 16.0 Å². The van der Waals surface area contributed by atoms with Crippen LogP contribution < -0.4 is 4.74 Å². The molecule has 2 aromatic rings. The van der Waals surface area contributed by atoms with Crippen molar-refractivity contribution in [3.8, 4) is 16.9 Å². The number of aliphatic hydroxyl groups excluding tert-OH is 4. The van der Waals surface area contributed by atoms with Gasteiger partial charge >= 0.3 is 5.97 Å². The predicted molar refractivity (Wildman–Crippen MR) is 96.4 cm³/mol. The number of hydrogen-bond donors (Lipinski definition) is 5. The number of aliphatic hydroxyl groups is 4. The van der Waals surface area contributed by atoms with Crippen LogP contribution in [0.4, 0.5) is 0 Å². The zero-order valence-electron chi connectivity index (χ0n) is 14.8.